The lowest BCUT2D eigenvalue weighted by molar-refractivity contribution is 0.0965. The summed E-state index contributed by atoms with van der Waals surface area (Å²) in [6.07, 6.45) is 10.3. The van der Waals surface area contributed by atoms with Gasteiger partial charge in [0.15, 0.2) is 5.82 Å². The number of amides is 1. The van der Waals surface area contributed by atoms with Crippen molar-refractivity contribution in [2.75, 3.05) is 24.6 Å². The topological polar surface area (TPSA) is 80.0 Å². The summed E-state index contributed by atoms with van der Waals surface area (Å²) in [4.78, 5) is 11.7. The van der Waals surface area contributed by atoms with Crippen molar-refractivity contribution in [2.24, 2.45) is 0 Å². The molecule has 0 aromatic carbocycles. The van der Waals surface area contributed by atoms with Gasteiger partial charge in [-0.1, -0.05) is 51.9 Å². The second-order valence-electron chi connectivity index (χ2n) is 5.25. The van der Waals surface area contributed by atoms with Gasteiger partial charge in [-0.2, -0.15) is 4.37 Å². The molecule has 6 heteroatoms. The van der Waals surface area contributed by atoms with Gasteiger partial charge in [0.2, 0.25) is 0 Å². The lowest BCUT2D eigenvalue weighted by Crippen LogP contribution is -2.20. The molecule has 5 nitrogen and oxygen atoms in total. The van der Waals surface area contributed by atoms with Crippen LogP contribution in [0.5, 0.6) is 0 Å². The normalized spacial score (nSPS) is 10.6. The molecule has 0 saturated carbocycles. The number of carbonyl (C=O) groups excluding carboxylic acids is 1. The molecule has 0 fully saturated rings. The number of carbonyl (C=O) groups is 1. The van der Waals surface area contributed by atoms with Crippen LogP contribution in [0.15, 0.2) is 0 Å². The van der Waals surface area contributed by atoms with Crippen molar-refractivity contribution in [3.8, 4) is 0 Å². The highest BCUT2D eigenvalue weighted by atomic mass is 32.1. The van der Waals surface area contributed by atoms with Crippen molar-refractivity contribution in [2.45, 2.75) is 58.3 Å². The van der Waals surface area contributed by atoms with Crippen LogP contribution in [-0.4, -0.2) is 23.9 Å². The number of nitrogen functional groups attached to an aromatic ring is 1. The maximum Gasteiger partial charge on any atom is 0.257 e. The molecule has 0 aliphatic rings. The molecule has 0 atom stereocenters. The molecule has 4 N–H and O–H groups in total. The standard InChI is InChI=1S/C15H28N4OS/c1-3-4-5-6-7-8-9-10-11-18-15-12(14(20)17-2)13(16)19-21-15/h18H,3-11H2,1-2H3,(H2,16,19)(H,17,20). The Morgan fingerprint density at radius 2 is 1.76 bits per heavy atom. The molecule has 0 radical (unpaired) electrons. The van der Waals surface area contributed by atoms with Gasteiger partial charge < -0.3 is 16.4 Å². The smallest absolute Gasteiger partial charge is 0.257 e. The van der Waals surface area contributed by atoms with Gasteiger partial charge in [-0.15, -0.1) is 0 Å². The van der Waals surface area contributed by atoms with Crippen molar-refractivity contribution < 1.29 is 4.79 Å². The number of nitrogens with two attached hydrogens (primary N) is 1. The van der Waals surface area contributed by atoms with E-state index in [9.17, 15) is 4.79 Å². The highest BCUT2D eigenvalue weighted by Gasteiger charge is 2.17. The Morgan fingerprint density at radius 3 is 2.38 bits per heavy atom. The van der Waals surface area contributed by atoms with E-state index in [2.05, 4.69) is 21.9 Å². The van der Waals surface area contributed by atoms with Crippen LogP contribution in [0.25, 0.3) is 0 Å². The average molecular weight is 312 g/mol. The Labute approximate surface area is 131 Å². The number of nitrogens with one attached hydrogen (secondary N) is 2. The third kappa shape index (κ3) is 6.33. The molecule has 0 spiro atoms. The molecular weight excluding hydrogens is 284 g/mol. The zero-order chi connectivity index (χ0) is 15.5. The van der Waals surface area contributed by atoms with E-state index in [4.69, 9.17) is 5.73 Å². The summed E-state index contributed by atoms with van der Waals surface area (Å²) >= 11 is 1.25. The first kappa shape index (κ1) is 17.8. The molecule has 1 aromatic heterocycles. The molecule has 1 amide bonds. The zero-order valence-corrected chi connectivity index (χ0v) is 14.0. The van der Waals surface area contributed by atoms with E-state index in [0.717, 1.165) is 18.0 Å². The van der Waals surface area contributed by atoms with E-state index in [1.165, 1.54) is 56.5 Å². The van der Waals surface area contributed by atoms with Crippen LogP contribution in [0.3, 0.4) is 0 Å². The first-order valence-corrected chi connectivity index (χ1v) is 8.69. The lowest BCUT2D eigenvalue weighted by Gasteiger charge is -2.06. The average Bonchev–Trinajstić information content (AvgIpc) is 2.85. The van der Waals surface area contributed by atoms with Crippen LogP contribution >= 0.6 is 11.5 Å². The highest BCUT2D eigenvalue weighted by molar-refractivity contribution is 7.11. The van der Waals surface area contributed by atoms with Crippen molar-refractivity contribution in [3.05, 3.63) is 5.56 Å². The van der Waals surface area contributed by atoms with Crippen molar-refractivity contribution >= 4 is 28.3 Å². The maximum atomic E-state index is 11.7. The summed E-state index contributed by atoms with van der Waals surface area (Å²) in [5, 5.41) is 6.64. The number of nitrogens with zero attached hydrogens (tertiary/aromatic N) is 1. The molecule has 120 valence electrons. The highest BCUT2D eigenvalue weighted by Crippen LogP contribution is 2.26. The molecule has 21 heavy (non-hydrogen) atoms. The summed E-state index contributed by atoms with van der Waals surface area (Å²) in [7, 11) is 1.60. The predicted octanol–water partition coefficient (Wildman–Crippen LogP) is 3.64. The fourth-order valence-electron chi connectivity index (χ4n) is 2.23. The molecule has 0 unspecified atom stereocenters. The van der Waals surface area contributed by atoms with Crippen LogP contribution in [0.2, 0.25) is 0 Å². The summed E-state index contributed by atoms with van der Waals surface area (Å²) in [5.41, 5.74) is 6.20. The van der Waals surface area contributed by atoms with Gasteiger partial charge in [-0.3, -0.25) is 4.79 Å². The van der Waals surface area contributed by atoms with Gasteiger partial charge in [0.25, 0.3) is 5.91 Å². The van der Waals surface area contributed by atoms with E-state index in [-0.39, 0.29) is 5.91 Å². The predicted molar refractivity (Wildman–Crippen MR) is 91.0 cm³/mol. The minimum Gasteiger partial charge on any atom is -0.382 e. The Balaban J connectivity index is 2.17. The molecule has 1 heterocycles. The largest absolute Gasteiger partial charge is 0.382 e. The monoisotopic (exact) mass is 312 g/mol. The molecular formula is C15H28N4OS. The fraction of sp³-hybridized carbons (Fsp3) is 0.733. The molecule has 1 aromatic rings. The second kappa shape index (κ2) is 10.4. The van der Waals surface area contributed by atoms with Crippen molar-refractivity contribution in [1.29, 1.82) is 0 Å². The molecule has 0 saturated heterocycles. The number of hydrogen-bond donors (Lipinski definition) is 3. The summed E-state index contributed by atoms with van der Waals surface area (Å²) < 4.78 is 4.04. The van der Waals surface area contributed by atoms with Crippen LogP contribution < -0.4 is 16.4 Å². The SMILES string of the molecule is CCCCCCCCCCNc1snc(N)c1C(=O)NC. The van der Waals surface area contributed by atoms with Gasteiger partial charge in [-0.25, -0.2) is 0 Å². The number of aromatic nitrogens is 1. The number of anilines is 2. The third-order valence-corrected chi connectivity index (χ3v) is 4.31. The maximum absolute atomic E-state index is 11.7. The van der Waals surface area contributed by atoms with E-state index in [0.29, 0.717) is 11.4 Å². The Bertz CT molecular complexity index is 420. The molecule has 0 aliphatic heterocycles. The zero-order valence-electron chi connectivity index (χ0n) is 13.2. The van der Waals surface area contributed by atoms with Crippen LogP contribution in [0.4, 0.5) is 10.8 Å². The van der Waals surface area contributed by atoms with E-state index in [1.54, 1.807) is 7.05 Å². The van der Waals surface area contributed by atoms with Gasteiger partial charge in [-0.05, 0) is 18.0 Å². The Kier molecular flexibility index (Phi) is 8.82. The number of hydrogen-bond acceptors (Lipinski definition) is 5. The first-order valence-electron chi connectivity index (χ1n) is 7.91. The molecule has 0 bridgehead atoms. The lowest BCUT2D eigenvalue weighted by atomic mass is 10.1. The van der Waals surface area contributed by atoms with Gasteiger partial charge in [0.1, 0.15) is 10.6 Å². The van der Waals surface area contributed by atoms with Crippen LogP contribution in [-0.2, 0) is 0 Å². The van der Waals surface area contributed by atoms with Gasteiger partial charge in [0, 0.05) is 13.6 Å². The fourth-order valence-corrected chi connectivity index (χ4v) is 2.96. The number of rotatable bonds is 11. The van der Waals surface area contributed by atoms with Gasteiger partial charge >= 0.3 is 0 Å². The summed E-state index contributed by atoms with van der Waals surface area (Å²) in [6.45, 7) is 3.10. The molecule has 1 rings (SSSR count). The van der Waals surface area contributed by atoms with E-state index in [1.807, 2.05) is 0 Å². The Morgan fingerprint density at radius 1 is 1.14 bits per heavy atom. The van der Waals surface area contributed by atoms with Gasteiger partial charge in [0.05, 0.1) is 0 Å². The first-order chi connectivity index (χ1) is 10.2. The van der Waals surface area contributed by atoms with Crippen molar-refractivity contribution in [1.82, 2.24) is 9.69 Å². The Hall–Kier alpha value is -1.30. The minimum atomic E-state index is -0.181. The van der Waals surface area contributed by atoms with Crippen LogP contribution in [0, 0.1) is 0 Å². The van der Waals surface area contributed by atoms with E-state index < -0.39 is 0 Å². The summed E-state index contributed by atoms with van der Waals surface area (Å²) in [6, 6.07) is 0. The third-order valence-electron chi connectivity index (χ3n) is 3.49. The van der Waals surface area contributed by atoms with Crippen LogP contribution in [0.1, 0.15) is 68.6 Å². The number of unbranched alkanes of at least 4 members (excludes halogenated alkanes) is 7. The summed E-state index contributed by atoms with van der Waals surface area (Å²) in [5.74, 6) is 0.123. The van der Waals surface area contributed by atoms with E-state index >= 15 is 0 Å². The second-order valence-corrected chi connectivity index (χ2v) is 6.03. The quantitative estimate of drug-likeness (QED) is 0.545. The van der Waals surface area contributed by atoms with Crippen molar-refractivity contribution in [3.63, 3.8) is 0 Å². The molecule has 0 aliphatic carbocycles. The minimum absolute atomic E-state index is 0.181.